The standard InChI is InChI=1S/C18H25FN2O3/c1-2-3-8-18(23)21-11-9-14(10-12-21)20-17(22)13-24-16-7-5-4-6-15(16)19/h4-7,14H,2-3,8-13H2,1H3,(H,20,22). The fourth-order valence-electron chi connectivity index (χ4n) is 2.73. The number of nitrogens with zero attached hydrogens (tertiary/aromatic N) is 1. The van der Waals surface area contributed by atoms with Gasteiger partial charge in [-0.1, -0.05) is 25.5 Å². The summed E-state index contributed by atoms with van der Waals surface area (Å²) >= 11 is 0. The van der Waals surface area contributed by atoms with E-state index < -0.39 is 5.82 Å². The van der Waals surface area contributed by atoms with Gasteiger partial charge in [-0.3, -0.25) is 9.59 Å². The van der Waals surface area contributed by atoms with Crippen LogP contribution in [0.2, 0.25) is 0 Å². The molecule has 2 amide bonds. The number of ether oxygens (including phenoxy) is 1. The van der Waals surface area contributed by atoms with E-state index in [0.717, 1.165) is 25.7 Å². The first-order valence-corrected chi connectivity index (χ1v) is 8.54. The zero-order valence-corrected chi connectivity index (χ0v) is 14.1. The number of unbranched alkanes of at least 4 members (excludes halogenated alkanes) is 1. The van der Waals surface area contributed by atoms with Crippen molar-refractivity contribution in [2.45, 2.75) is 45.1 Å². The molecule has 0 bridgehead atoms. The SMILES string of the molecule is CCCCC(=O)N1CCC(NC(=O)COc2ccccc2F)CC1. The Hall–Kier alpha value is -2.11. The van der Waals surface area contributed by atoms with E-state index in [2.05, 4.69) is 12.2 Å². The molecule has 0 spiro atoms. The summed E-state index contributed by atoms with van der Waals surface area (Å²) in [5.41, 5.74) is 0. The Morgan fingerprint density at radius 1 is 1.29 bits per heavy atom. The highest BCUT2D eigenvalue weighted by Crippen LogP contribution is 2.15. The summed E-state index contributed by atoms with van der Waals surface area (Å²) in [5.74, 6) is -0.480. The van der Waals surface area contributed by atoms with E-state index in [4.69, 9.17) is 4.74 Å². The van der Waals surface area contributed by atoms with Crippen molar-refractivity contribution in [2.24, 2.45) is 0 Å². The highest BCUT2D eigenvalue weighted by atomic mass is 19.1. The normalized spacial score (nSPS) is 15.2. The van der Waals surface area contributed by atoms with Gasteiger partial charge in [-0.2, -0.15) is 0 Å². The minimum absolute atomic E-state index is 0.0388. The molecule has 0 aliphatic carbocycles. The van der Waals surface area contributed by atoms with Crippen molar-refractivity contribution in [3.05, 3.63) is 30.1 Å². The second-order valence-electron chi connectivity index (χ2n) is 6.05. The molecule has 132 valence electrons. The average molecular weight is 336 g/mol. The fourth-order valence-corrected chi connectivity index (χ4v) is 2.73. The zero-order valence-electron chi connectivity index (χ0n) is 14.1. The van der Waals surface area contributed by atoms with Gasteiger partial charge in [0.05, 0.1) is 0 Å². The molecular weight excluding hydrogens is 311 g/mol. The smallest absolute Gasteiger partial charge is 0.258 e. The molecule has 1 N–H and O–H groups in total. The van der Waals surface area contributed by atoms with Gasteiger partial charge in [0.25, 0.3) is 5.91 Å². The Bertz CT molecular complexity index is 557. The lowest BCUT2D eigenvalue weighted by Crippen LogP contribution is -2.47. The van der Waals surface area contributed by atoms with E-state index in [0.29, 0.717) is 19.5 Å². The van der Waals surface area contributed by atoms with Crippen LogP contribution in [0.1, 0.15) is 39.0 Å². The van der Waals surface area contributed by atoms with Crippen molar-refractivity contribution < 1.29 is 18.7 Å². The summed E-state index contributed by atoms with van der Waals surface area (Å²) in [6.45, 7) is 3.19. The van der Waals surface area contributed by atoms with E-state index in [-0.39, 0.29) is 30.2 Å². The molecule has 0 radical (unpaired) electrons. The van der Waals surface area contributed by atoms with Crippen LogP contribution in [0.4, 0.5) is 4.39 Å². The third-order valence-corrected chi connectivity index (χ3v) is 4.15. The first-order valence-electron chi connectivity index (χ1n) is 8.54. The van der Waals surface area contributed by atoms with Crippen molar-refractivity contribution in [3.63, 3.8) is 0 Å². The van der Waals surface area contributed by atoms with E-state index >= 15 is 0 Å². The highest BCUT2D eigenvalue weighted by molar-refractivity contribution is 5.78. The molecule has 5 nitrogen and oxygen atoms in total. The molecule has 6 heteroatoms. The molecule has 1 fully saturated rings. The number of benzene rings is 1. The lowest BCUT2D eigenvalue weighted by Gasteiger charge is -2.32. The molecule has 0 aromatic heterocycles. The Morgan fingerprint density at radius 2 is 2.00 bits per heavy atom. The Balaban J connectivity index is 1.69. The monoisotopic (exact) mass is 336 g/mol. The summed E-state index contributed by atoms with van der Waals surface area (Å²) in [6, 6.07) is 6.04. The van der Waals surface area contributed by atoms with Crippen molar-refractivity contribution in [2.75, 3.05) is 19.7 Å². The molecule has 1 aromatic carbocycles. The van der Waals surface area contributed by atoms with Gasteiger partial charge in [0.2, 0.25) is 5.91 Å². The number of hydrogen-bond acceptors (Lipinski definition) is 3. The quantitative estimate of drug-likeness (QED) is 0.832. The first kappa shape index (κ1) is 18.2. The first-order chi connectivity index (χ1) is 11.6. The highest BCUT2D eigenvalue weighted by Gasteiger charge is 2.23. The molecule has 24 heavy (non-hydrogen) atoms. The summed E-state index contributed by atoms with van der Waals surface area (Å²) < 4.78 is 18.6. The summed E-state index contributed by atoms with van der Waals surface area (Å²) in [7, 11) is 0. The fraction of sp³-hybridized carbons (Fsp3) is 0.556. The summed E-state index contributed by atoms with van der Waals surface area (Å²) in [4.78, 5) is 25.7. The number of rotatable bonds is 7. The van der Waals surface area contributed by atoms with Crippen molar-refractivity contribution in [1.29, 1.82) is 0 Å². The van der Waals surface area contributed by atoms with E-state index in [1.54, 1.807) is 12.1 Å². The van der Waals surface area contributed by atoms with Crippen LogP contribution in [0.15, 0.2) is 24.3 Å². The molecule has 1 aliphatic heterocycles. The lowest BCUT2D eigenvalue weighted by molar-refractivity contribution is -0.132. The Kier molecular flexibility index (Phi) is 7.03. The van der Waals surface area contributed by atoms with Crippen LogP contribution in [0, 0.1) is 5.82 Å². The largest absolute Gasteiger partial charge is 0.481 e. The Morgan fingerprint density at radius 3 is 2.67 bits per heavy atom. The topological polar surface area (TPSA) is 58.6 Å². The molecule has 0 unspecified atom stereocenters. The van der Waals surface area contributed by atoms with Crippen molar-refractivity contribution in [1.82, 2.24) is 10.2 Å². The molecule has 0 atom stereocenters. The van der Waals surface area contributed by atoms with Crippen molar-refractivity contribution in [3.8, 4) is 5.75 Å². The van der Waals surface area contributed by atoms with E-state index in [1.807, 2.05) is 4.90 Å². The summed E-state index contributed by atoms with van der Waals surface area (Å²) in [5, 5.41) is 2.89. The second-order valence-corrected chi connectivity index (χ2v) is 6.05. The zero-order chi connectivity index (χ0) is 17.4. The van der Waals surface area contributed by atoms with Gasteiger partial charge >= 0.3 is 0 Å². The predicted molar refractivity (Wildman–Crippen MR) is 89.2 cm³/mol. The van der Waals surface area contributed by atoms with Gasteiger partial charge < -0.3 is 15.0 Å². The number of carbonyl (C=O) groups excluding carboxylic acids is 2. The number of likely N-dealkylation sites (tertiary alicyclic amines) is 1. The predicted octanol–water partition coefficient (Wildman–Crippen LogP) is 2.50. The van der Waals surface area contributed by atoms with Crippen LogP contribution in [-0.2, 0) is 9.59 Å². The number of halogens is 1. The van der Waals surface area contributed by atoms with Crippen LogP contribution in [0.5, 0.6) is 5.75 Å². The molecular formula is C18H25FN2O3. The minimum Gasteiger partial charge on any atom is -0.481 e. The van der Waals surface area contributed by atoms with Gasteiger partial charge in [0, 0.05) is 25.6 Å². The molecule has 2 rings (SSSR count). The van der Waals surface area contributed by atoms with Crippen LogP contribution >= 0.6 is 0 Å². The van der Waals surface area contributed by atoms with E-state index in [9.17, 15) is 14.0 Å². The third kappa shape index (κ3) is 5.51. The maximum Gasteiger partial charge on any atom is 0.258 e. The Labute approximate surface area is 142 Å². The maximum atomic E-state index is 13.4. The van der Waals surface area contributed by atoms with Crippen LogP contribution in [0.3, 0.4) is 0 Å². The number of para-hydroxylation sites is 1. The molecule has 1 saturated heterocycles. The number of piperidine rings is 1. The van der Waals surface area contributed by atoms with Gasteiger partial charge in [0.1, 0.15) is 0 Å². The third-order valence-electron chi connectivity index (χ3n) is 4.15. The van der Waals surface area contributed by atoms with Crippen LogP contribution < -0.4 is 10.1 Å². The molecule has 1 aliphatic rings. The van der Waals surface area contributed by atoms with Gasteiger partial charge in [-0.05, 0) is 31.4 Å². The van der Waals surface area contributed by atoms with Gasteiger partial charge in [-0.15, -0.1) is 0 Å². The number of carbonyl (C=O) groups is 2. The lowest BCUT2D eigenvalue weighted by atomic mass is 10.0. The molecule has 1 heterocycles. The average Bonchev–Trinajstić information content (AvgIpc) is 2.59. The number of amides is 2. The van der Waals surface area contributed by atoms with E-state index in [1.165, 1.54) is 12.1 Å². The molecule has 1 aromatic rings. The van der Waals surface area contributed by atoms with Gasteiger partial charge in [0.15, 0.2) is 18.2 Å². The number of nitrogens with one attached hydrogen (secondary N) is 1. The summed E-state index contributed by atoms with van der Waals surface area (Å²) in [6.07, 6.45) is 4.01. The maximum absolute atomic E-state index is 13.4. The molecule has 0 saturated carbocycles. The minimum atomic E-state index is -0.482. The van der Waals surface area contributed by atoms with Crippen molar-refractivity contribution >= 4 is 11.8 Å². The van der Waals surface area contributed by atoms with Gasteiger partial charge in [-0.25, -0.2) is 4.39 Å². The second kappa shape index (κ2) is 9.25. The van der Waals surface area contributed by atoms with Crippen LogP contribution in [0.25, 0.3) is 0 Å². The number of hydrogen-bond donors (Lipinski definition) is 1. The van der Waals surface area contributed by atoms with Crippen LogP contribution in [-0.4, -0.2) is 42.5 Å².